The van der Waals surface area contributed by atoms with Crippen molar-refractivity contribution in [2.24, 2.45) is 0 Å². The molecule has 0 radical (unpaired) electrons. The van der Waals surface area contributed by atoms with Crippen molar-refractivity contribution < 1.29 is 0 Å². The summed E-state index contributed by atoms with van der Waals surface area (Å²) in [5.74, 6) is 0. The number of hydrogen-bond donors (Lipinski definition) is 0. The Balaban J connectivity index is 1.32. The van der Waals surface area contributed by atoms with Gasteiger partial charge in [-0.05, 0) is 138 Å². The molecule has 1 aliphatic rings. The van der Waals surface area contributed by atoms with E-state index in [0.717, 1.165) is 35.6 Å². The zero-order chi connectivity index (χ0) is 35.3. The van der Waals surface area contributed by atoms with Gasteiger partial charge in [-0.2, -0.15) is 0 Å². The van der Waals surface area contributed by atoms with Crippen molar-refractivity contribution in [3.8, 4) is 33.4 Å². The molecule has 0 amide bonds. The van der Waals surface area contributed by atoms with Crippen LogP contribution in [0.1, 0.15) is 24.0 Å². The Bertz CT molecular complexity index is 2320. The molecule has 7 aromatic rings. The number of rotatable bonds is 9. The summed E-state index contributed by atoms with van der Waals surface area (Å²) in [7, 11) is 0. The lowest BCUT2D eigenvalue weighted by Crippen LogP contribution is -2.17. The third-order valence-corrected chi connectivity index (χ3v) is 9.99. The largest absolute Gasteiger partial charge is 0.314 e. The van der Waals surface area contributed by atoms with Crippen LogP contribution in [0.2, 0.25) is 0 Å². The van der Waals surface area contributed by atoms with E-state index in [1.54, 1.807) is 0 Å². The van der Waals surface area contributed by atoms with E-state index in [1.165, 1.54) is 55.9 Å². The lowest BCUT2D eigenvalue weighted by Gasteiger charge is -2.30. The number of nitrogens with zero attached hydrogens (tertiary/aromatic N) is 2. The van der Waals surface area contributed by atoms with Crippen LogP contribution in [0.25, 0.3) is 33.4 Å². The molecule has 0 N–H and O–H groups in total. The summed E-state index contributed by atoms with van der Waals surface area (Å²) in [6, 6.07) is 63.6. The topological polar surface area (TPSA) is 6.48 Å². The Kier molecular flexibility index (Phi) is 9.37. The van der Waals surface area contributed by atoms with Crippen LogP contribution >= 0.6 is 0 Å². The van der Waals surface area contributed by atoms with Gasteiger partial charge in [0.1, 0.15) is 0 Å². The summed E-state index contributed by atoms with van der Waals surface area (Å²) < 4.78 is 0. The van der Waals surface area contributed by atoms with Gasteiger partial charge < -0.3 is 9.80 Å². The zero-order valence-corrected chi connectivity index (χ0v) is 29.8. The first-order chi connectivity index (χ1) is 25.7. The van der Waals surface area contributed by atoms with Crippen molar-refractivity contribution in [1.29, 1.82) is 0 Å². The van der Waals surface area contributed by atoms with Gasteiger partial charge in [0.25, 0.3) is 0 Å². The van der Waals surface area contributed by atoms with Crippen LogP contribution in [0.5, 0.6) is 0 Å². The molecule has 2 heteroatoms. The fraction of sp³-hybridized carbons (Fsp3) is 0.0800. The van der Waals surface area contributed by atoms with Crippen molar-refractivity contribution in [1.82, 2.24) is 0 Å². The predicted molar refractivity (Wildman–Crippen MR) is 222 cm³/mol. The molecule has 0 fully saturated rings. The zero-order valence-electron chi connectivity index (χ0n) is 29.8. The molecule has 1 aliphatic carbocycles. The Morgan fingerprint density at radius 1 is 0.404 bits per heavy atom. The second-order valence-electron chi connectivity index (χ2n) is 13.4. The van der Waals surface area contributed by atoms with E-state index in [1.807, 2.05) is 0 Å². The maximum absolute atomic E-state index is 2.42. The van der Waals surface area contributed by atoms with Crippen LogP contribution in [-0.4, -0.2) is 0 Å². The summed E-state index contributed by atoms with van der Waals surface area (Å²) >= 11 is 0. The summed E-state index contributed by atoms with van der Waals surface area (Å²) in [6.07, 6.45) is 8.74. The van der Waals surface area contributed by atoms with Crippen molar-refractivity contribution >= 4 is 28.4 Å². The number of aryl methyl sites for hydroxylation is 2. The molecular formula is C50H42N2. The molecule has 252 valence electrons. The van der Waals surface area contributed by atoms with E-state index < -0.39 is 0 Å². The Hall–Kier alpha value is -6.38. The van der Waals surface area contributed by atoms with Gasteiger partial charge in [-0.25, -0.2) is 0 Å². The quantitative estimate of drug-likeness (QED) is 0.151. The Labute approximate surface area is 308 Å². The molecular weight excluding hydrogens is 629 g/mol. The van der Waals surface area contributed by atoms with Crippen LogP contribution in [0.15, 0.2) is 200 Å². The minimum absolute atomic E-state index is 0.998. The number of benzene rings is 7. The highest BCUT2D eigenvalue weighted by Gasteiger charge is 2.21. The maximum atomic E-state index is 2.42. The van der Waals surface area contributed by atoms with Crippen LogP contribution in [0, 0.1) is 13.8 Å². The number of allylic oxidation sites excluding steroid dienone is 4. The van der Waals surface area contributed by atoms with Gasteiger partial charge in [-0.3, -0.25) is 0 Å². The molecule has 0 spiro atoms. The highest BCUT2D eigenvalue weighted by atomic mass is 15.2. The third-order valence-electron chi connectivity index (χ3n) is 9.99. The normalized spacial score (nSPS) is 12.3. The van der Waals surface area contributed by atoms with Crippen molar-refractivity contribution in [2.75, 3.05) is 9.80 Å². The molecule has 0 bridgehead atoms. The van der Waals surface area contributed by atoms with Crippen LogP contribution in [0.4, 0.5) is 28.4 Å². The first kappa shape index (κ1) is 32.8. The highest BCUT2D eigenvalue weighted by molar-refractivity contribution is 5.97. The summed E-state index contributed by atoms with van der Waals surface area (Å²) in [5, 5.41) is 0. The van der Waals surface area contributed by atoms with Gasteiger partial charge in [0.2, 0.25) is 0 Å². The lowest BCUT2D eigenvalue weighted by atomic mass is 9.85. The number of para-hydroxylation sites is 3. The number of hydrogen-bond acceptors (Lipinski definition) is 2. The van der Waals surface area contributed by atoms with Crippen molar-refractivity contribution in [3.63, 3.8) is 0 Å². The maximum Gasteiger partial charge on any atom is 0.0467 e. The molecule has 0 saturated carbocycles. The van der Waals surface area contributed by atoms with Gasteiger partial charge >= 0.3 is 0 Å². The standard InChI is InChI=1S/C50H42N2/c1-37-31-33-44(51(40-21-10-4-11-22-40)41-23-12-5-13-24-41)35-48(37)46-29-18-30-47(50(46)39-19-8-3-9-20-39)49-36-45(34-32-38(49)2)52(42-25-14-6-15-26-42)43-27-16-7-17-28-43/h3-16,18-27,29-36H,17,28H2,1-2H3. The molecule has 0 saturated heterocycles. The van der Waals surface area contributed by atoms with Gasteiger partial charge in [-0.1, -0.05) is 127 Å². The monoisotopic (exact) mass is 670 g/mol. The summed E-state index contributed by atoms with van der Waals surface area (Å²) in [4.78, 5) is 4.77. The van der Waals surface area contributed by atoms with Crippen LogP contribution in [0.3, 0.4) is 0 Å². The van der Waals surface area contributed by atoms with E-state index in [2.05, 4.69) is 218 Å². The fourth-order valence-corrected chi connectivity index (χ4v) is 7.43. The van der Waals surface area contributed by atoms with Crippen molar-refractivity contribution in [3.05, 3.63) is 211 Å². The molecule has 0 heterocycles. The third kappa shape index (κ3) is 6.59. The van der Waals surface area contributed by atoms with E-state index in [9.17, 15) is 0 Å². The average molecular weight is 671 g/mol. The molecule has 0 aromatic heterocycles. The van der Waals surface area contributed by atoms with E-state index in [4.69, 9.17) is 0 Å². The van der Waals surface area contributed by atoms with E-state index >= 15 is 0 Å². The van der Waals surface area contributed by atoms with Gasteiger partial charge in [-0.15, -0.1) is 0 Å². The van der Waals surface area contributed by atoms with Crippen LogP contribution < -0.4 is 9.80 Å². The Morgan fingerprint density at radius 2 is 0.865 bits per heavy atom. The molecule has 2 nitrogen and oxygen atoms in total. The average Bonchev–Trinajstić information content (AvgIpc) is 3.21. The summed E-state index contributed by atoms with van der Waals surface area (Å²) in [6.45, 7) is 4.46. The molecule has 8 rings (SSSR count). The SMILES string of the molecule is Cc1ccc(N(C2=CC=CCC2)c2ccccc2)cc1-c1cccc(-c2cc(N(c3ccccc3)c3ccccc3)ccc2C)c1-c1ccccc1. The summed E-state index contributed by atoms with van der Waals surface area (Å²) in [5.41, 5.74) is 16.8. The number of anilines is 5. The van der Waals surface area contributed by atoms with E-state index in [-0.39, 0.29) is 0 Å². The Morgan fingerprint density at radius 3 is 1.35 bits per heavy atom. The first-order valence-corrected chi connectivity index (χ1v) is 18.2. The van der Waals surface area contributed by atoms with Crippen LogP contribution in [-0.2, 0) is 0 Å². The first-order valence-electron chi connectivity index (χ1n) is 18.2. The smallest absolute Gasteiger partial charge is 0.0467 e. The molecule has 0 aliphatic heterocycles. The lowest BCUT2D eigenvalue weighted by molar-refractivity contribution is 0.917. The predicted octanol–water partition coefficient (Wildman–Crippen LogP) is 14.1. The minimum Gasteiger partial charge on any atom is -0.314 e. The van der Waals surface area contributed by atoms with Crippen molar-refractivity contribution in [2.45, 2.75) is 26.7 Å². The second kappa shape index (κ2) is 14.8. The molecule has 0 atom stereocenters. The van der Waals surface area contributed by atoms with Gasteiger partial charge in [0, 0.05) is 34.1 Å². The van der Waals surface area contributed by atoms with E-state index in [0.29, 0.717) is 0 Å². The van der Waals surface area contributed by atoms with Gasteiger partial charge in [0.05, 0.1) is 0 Å². The highest BCUT2D eigenvalue weighted by Crippen LogP contribution is 2.45. The van der Waals surface area contributed by atoms with Gasteiger partial charge in [0.15, 0.2) is 0 Å². The second-order valence-corrected chi connectivity index (χ2v) is 13.4. The molecule has 52 heavy (non-hydrogen) atoms. The molecule has 0 unspecified atom stereocenters. The molecule has 7 aromatic carbocycles. The fourth-order valence-electron chi connectivity index (χ4n) is 7.43. The minimum atomic E-state index is 0.998.